The van der Waals surface area contributed by atoms with Crippen LogP contribution in [0, 0.1) is 13.8 Å². The van der Waals surface area contributed by atoms with E-state index >= 15 is 0 Å². The Morgan fingerprint density at radius 2 is 2.04 bits per heavy atom. The number of carbonyl (C=O) groups is 1. The highest BCUT2D eigenvalue weighted by molar-refractivity contribution is 5.74. The fourth-order valence-corrected chi connectivity index (χ4v) is 2.93. The number of nitrogens with zero attached hydrogens (tertiary/aromatic N) is 3. The van der Waals surface area contributed by atoms with Gasteiger partial charge in [0.15, 0.2) is 0 Å². The van der Waals surface area contributed by atoms with Crippen molar-refractivity contribution in [3.8, 4) is 5.75 Å². The molecule has 0 bridgehead atoms. The molecule has 0 saturated heterocycles. The third-order valence-corrected chi connectivity index (χ3v) is 4.40. The van der Waals surface area contributed by atoms with Crippen LogP contribution in [0.4, 0.5) is 4.79 Å². The number of nitrogens with one attached hydrogen (secondary N) is 2. The van der Waals surface area contributed by atoms with E-state index in [1.54, 1.807) is 19.5 Å². The molecule has 0 unspecified atom stereocenters. The average Bonchev–Trinajstić information content (AvgIpc) is 2.80. The Bertz CT molecular complexity index is 741. The predicted octanol–water partition coefficient (Wildman–Crippen LogP) is 2.43. The molecule has 0 aliphatic carbocycles. The molecule has 0 radical (unpaired) electrons. The van der Waals surface area contributed by atoms with Gasteiger partial charge in [0.25, 0.3) is 0 Å². The monoisotopic (exact) mass is 345 g/mol. The molecule has 2 aromatic heterocycles. The molecule has 0 aromatic carbocycles. The zero-order chi connectivity index (χ0) is 18.6. The van der Waals surface area contributed by atoms with Gasteiger partial charge in [-0.2, -0.15) is 5.10 Å². The van der Waals surface area contributed by atoms with Gasteiger partial charge in [-0.15, -0.1) is 0 Å². The van der Waals surface area contributed by atoms with Gasteiger partial charge in [0.2, 0.25) is 0 Å². The molecule has 2 amide bonds. The summed E-state index contributed by atoms with van der Waals surface area (Å²) in [5.41, 5.74) is 4.20. The molecule has 7 nitrogen and oxygen atoms in total. The lowest BCUT2D eigenvalue weighted by atomic mass is 10.1. The van der Waals surface area contributed by atoms with Crippen LogP contribution in [0.5, 0.6) is 5.75 Å². The molecular weight excluding hydrogens is 318 g/mol. The minimum Gasteiger partial charge on any atom is -0.495 e. The van der Waals surface area contributed by atoms with Crippen LogP contribution in [0.1, 0.15) is 42.4 Å². The van der Waals surface area contributed by atoms with Gasteiger partial charge in [0, 0.05) is 30.5 Å². The van der Waals surface area contributed by atoms with E-state index in [-0.39, 0.29) is 18.1 Å². The third-order valence-electron chi connectivity index (χ3n) is 4.40. The number of rotatable bonds is 6. The molecule has 136 valence electrons. The third kappa shape index (κ3) is 4.49. The van der Waals surface area contributed by atoms with E-state index in [0.29, 0.717) is 5.75 Å². The number of carbonyl (C=O) groups excluding carboxylic acids is 1. The number of hydrogen-bond acceptors (Lipinski definition) is 4. The molecule has 0 fully saturated rings. The zero-order valence-electron chi connectivity index (χ0n) is 15.8. The summed E-state index contributed by atoms with van der Waals surface area (Å²) in [6, 6.07) is 1.44. The van der Waals surface area contributed by atoms with Crippen molar-refractivity contribution in [2.45, 2.75) is 46.2 Å². The van der Waals surface area contributed by atoms with Crippen LogP contribution in [0.15, 0.2) is 18.5 Å². The highest BCUT2D eigenvalue weighted by atomic mass is 16.5. The lowest BCUT2D eigenvalue weighted by Crippen LogP contribution is -2.42. The molecule has 2 atom stereocenters. The van der Waals surface area contributed by atoms with E-state index < -0.39 is 0 Å². The van der Waals surface area contributed by atoms with Crippen molar-refractivity contribution in [1.29, 1.82) is 0 Å². The molecule has 2 N–H and O–H groups in total. The Labute approximate surface area is 148 Å². The SMILES string of the molecule is COc1cnccc1[C@@H](C)NC(=O)N[C@@H](C)Cc1c(C)nn(C)c1C. The number of methoxy groups -OCH3 is 1. The highest BCUT2D eigenvalue weighted by Crippen LogP contribution is 2.23. The molecule has 0 aliphatic rings. The number of amides is 2. The number of aromatic nitrogens is 3. The second kappa shape index (κ2) is 8.00. The summed E-state index contributed by atoms with van der Waals surface area (Å²) in [4.78, 5) is 16.3. The van der Waals surface area contributed by atoms with E-state index in [1.807, 2.05) is 45.5 Å². The van der Waals surface area contributed by atoms with Gasteiger partial charge in [0.1, 0.15) is 5.75 Å². The van der Waals surface area contributed by atoms with Crippen LogP contribution in [-0.2, 0) is 13.5 Å². The first-order valence-corrected chi connectivity index (χ1v) is 8.37. The minimum atomic E-state index is -0.210. The molecule has 0 spiro atoms. The van der Waals surface area contributed by atoms with Crippen LogP contribution in [0.25, 0.3) is 0 Å². The van der Waals surface area contributed by atoms with Crippen LogP contribution in [0.3, 0.4) is 0 Å². The number of pyridine rings is 1. The molecule has 2 rings (SSSR count). The van der Waals surface area contributed by atoms with Crippen LogP contribution >= 0.6 is 0 Å². The van der Waals surface area contributed by atoms with Gasteiger partial charge in [0.05, 0.1) is 25.0 Å². The molecule has 0 saturated carbocycles. The summed E-state index contributed by atoms with van der Waals surface area (Å²) in [6.45, 7) is 7.94. The minimum absolute atomic E-state index is 0.00636. The van der Waals surface area contributed by atoms with Gasteiger partial charge < -0.3 is 15.4 Å². The van der Waals surface area contributed by atoms with Crippen molar-refractivity contribution in [1.82, 2.24) is 25.4 Å². The Hall–Kier alpha value is -2.57. The Kier molecular flexibility index (Phi) is 6.01. The second-order valence-electron chi connectivity index (χ2n) is 6.34. The standard InChI is InChI=1S/C18H27N5O2/c1-11(9-16-13(3)22-23(5)14(16)4)20-18(24)21-12(2)15-7-8-19-10-17(15)25-6/h7-8,10-12H,9H2,1-6H3,(H2,20,21,24)/t11-,12+/m0/s1. The van der Waals surface area contributed by atoms with E-state index in [1.165, 1.54) is 5.56 Å². The fourth-order valence-electron chi connectivity index (χ4n) is 2.93. The van der Waals surface area contributed by atoms with Crippen LogP contribution in [-0.4, -0.2) is 33.9 Å². The molecule has 2 heterocycles. The predicted molar refractivity (Wildman–Crippen MR) is 96.7 cm³/mol. The first-order chi connectivity index (χ1) is 11.8. The molecule has 25 heavy (non-hydrogen) atoms. The highest BCUT2D eigenvalue weighted by Gasteiger charge is 2.17. The topological polar surface area (TPSA) is 81.1 Å². The summed E-state index contributed by atoms with van der Waals surface area (Å²) in [6.07, 6.45) is 4.07. The zero-order valence-corrected chi connectivity index (χ0v) is 15.8. The van der Waals surface area contributed by atoms with Gasteiger partial charge in [-0.05, 0) is 45.7 Å². The van der Waals surface area contributed by atoms with Gasteiger partial charge >= 0.3 is 6.03 Å². The van der Waals surface area contributed by atoms with Crippen molar-refractivity contribution in [2.75, 3.05) is 7.11 Å². The Morgan fingerprint density at radius 3 is 2.64 bits per heavy atom. The molecule has 7 heteroatoms. The maximum Gasteiger partial charge on any atom is 0.315 e. The second-order valence-corrected chi connectivity index (χ2v) is 6.34. The summed E-state index contributed by atoms with van der Waals surface area (Å²) in [5.74, 6) is 0.657. The van der Waals surface area contributed by atoms with Gasteiger partial charge in [-0.25, -0.2) is 4.79 Å². The van der Waals surface area contributed by atoms with Crippen molar-refractivity contribution in [3.63, 3.8) is 0 Å². The lowest BCUT2D eigenvalue weighted by Gasteiger charge is -2.20. The number of ether oxygens (including phenoxy) is 1. The maximum atomic E-state index is 12.3. The van der Waals surface area contributed by atoms with E-state index in [4.69, 9.17) is 4.74 Å². The van der Waals surface area contributed by atoms with Gasteiger partial charge in [-0.3, -0.25) is 9.67 Å². The summed E-state index contributed by atoms with van der Waals surface area (Å²) < 4.78 is 7.16. The normalized spacial score (nSPS) is 13.2. The quantitative estimate of drug-likeness (QED) is 0.842. The van der Waals surface area contributed by atoms with E-state index in [9.17, 15) is 4.79 Å². The van der Waals surface area contributed by atoms with Crippen LogP contribution < -0.4 is 15.4 Å². The number of urea groups is 1. The number of hydrogen-bond donors (Lipinski definition) is 2. The van der Waals surface area contributed by atoms with Crippen LogP contribution in [0.2, 0.25) is 0 Å². The van der Waals surface area contributed by atoms with Crippen molar-refractivity contribution in [2.24, 2.45) is 7.05 Å². The van der Waals surface area contributed by atoms with Crippen molar-refractivity contribution >= 4 is 6.03 Å². The first kappa shape index (κ1) is 18.8. The molecule has 2 aromatic rings. The first-order valence-electron chi connectivity index (χ1n) is 8.37. The Balaban J connectivity index is 1.95. The number of aryl methyl sites for hydroxylation is 2. The van der Waals surface area contributed by atoms with E-state index in [2.05, 4.69) is 20.7 Å². The van der Waals surface area contributed by atoms with Crippen molar-refractivity contribution < 1.29 is 9.53 Å². The van der Waals surface area contributed by atoms with E-state index in [0.717, 1.165) is 23.4 Å². The summed E-state index contributed by atoms with van der Waals surface area (Å²) in [7, 11) is 3.52. The fraction of sp³-hybridized carbons (Fsp3) is 0.500. The maximum absolute atomic E-state index is 12.3. The van der Waals surface area contributed by atoms with Gasteiger partial charge in [-0.1, -0.05) is 0 Å². The van der Waals surface area contributed by atoms with Crippen molar-refractivity contribution in [3.05, 3.63) is 41.0 Å². The smallest absolute Gasteiger partial charge is 0.315 e. The molecular formula is C18H27N5O2. The molecule has 0 aliphatic heterocycles. The Morgan fingerprint density at radius 1 is 1.32 bits per heavy atom. The average molecular weight is 345 g/mol. The largest absolute Gasteiger partial charge is 0.495 e. The summed E-state index contributed by atoms with van der Waals surface area (Å²) in [5, 5.41) is 10.3. The summed E-state index contributed by atoms with van der Waals surface area (Å²) >= 11 is 0. The lowest BCUT2D eigenvalue weighted by molar-refractivity contribution is 0.234.